The molecule has 1 aromatic heterocycles. The molecule has 2 atom stereocenters. The number of aryl methyl sites for hydroxylation is 1. The van der Waals surface area contributed by atoms with Crippen molar-refractivity contribution >= 4 is 28.3 Å². The van der Waals surface area contributed by atoms with Crippen molar-refractivity contribution < 1.29 is 9.59 Å². The molecule has 4 rings (SSSR count). The lowest BCUT2D eigenvalue weighted by atomic mass is 9.64. The Balaban J connectivity index is 1.85. The molecule has 1 aliphatic heterocycles. The molecule has 2 amide bonds. The first-order valence-electron chi connectivity index (χ1n) is 10.5. The number of nitrogens with one attached hydrogen (secondary N) is 1. The number of carbonyl (C=O) groups excluding carboxylic acids is 2. The summed E-state index contributed by atoms with van der Waals surface area (Å²) in [4.78, 5) is 29.3. The minimum Gasteiger partial charge on any atom is -0.329 e. The van der Waals surface area contributed by atoms with Crippen molar-refractivity contribution in [1.29, 1.82) is 0 Å². The molecular weight excluding hydrogens is 384 g/mol. The van der Waals surface area contributed by atoms with Gasteiger partial charge < -0.3 is 4.90 Å². The van der Waals surface area contributed by atoms with E-state index in [-0.39, 0.29) is 17.9 Å². The minimum atomic E-state index is -0.483. The summed E-state index contributed by atoms with van der Waals surface area (Å²) in [5.41, 5.74) is 1.01. The summed E-state index contributed by atoms with van der Waals surface area (Å²) in [5, 5.41) is 12.4. The molecule has 0 bridgehead atoms. The Morgan fingerprint density at radius 3 is 2.66 bits per heavy atom. The van der Waals surface area contributed by atoms with Crippen LogP contribution in [0.5, 0.6) is 0 Å². The van der Waals surface area contributed by atoms with Crippen LogP contribution in [0, 0.1) is 6.92 Å². The largest absolute Gasteiger partial charge is 0.329 e. The number of fused-ring (bicyclic) bond motifs is 1. The van der Waals surface area contributed by atoms with Crippen LogP contribution in [0.3, 0.4) is 0 Å². The number of aromatic nitrogens is 2. The maximum Gasteiger partial charge on any atom is 0.254 e. The van der Waals surface area contributed by atoms with Crippen LogP contribution in [0.25, 0.3) is 0 Å². The first kappa shape index (κ1) is 20.0. The smallest absolute Gasteiger partial charge is 0.254 e. The van der Waals surface area contributed by atoms with Gasteiger partial charge in [0.1, 0.15) is 5.01 Å². The van der Waals surface area contributed by atoms with Gasteiger partial charge >= 0.3 is 0 Å². The first-order chi connectivity index (χ1) is 14.0. The molecule has 2 aliphatic rings. The van der Waals surface area contributed by atoms with Crippen LogP contribution in [0.1, 0.15) is 79.2 Å². The summed E-state index contributed by atoms with van der Waals surface area (Å²) < 4.78 is 0. The Hall–Kier alpha value is -2.28. The Morgan fingerprint density at radius 2 is 2.00 bits per heavy atom. The van der Waals surface area contributed by atoms with Crippen LogP contribution in [-0.2, 0) is 4.79 Å². The zero-order valence-electron chi connectivity index (χ0n) is 17.3. The molecule has 29 heavy (non-hydrogen) atoms. The molecule has 0 saturated heterocycles. The molecule has 154 valence electrons. The molecule has 1 aliphatic carbocycles. The summed E-state index contributed by atoms with van der Waals surface area (Å²) in [6, 6.07) is 7.70. The fourth-order valence-corrected chi connectivity index (χ4v) is 5.72. The highest BCUT2D eigenvalue weighted by atomic mass is 32.1. The van der Waals surface area contributed by atoms with Crippen molar-refractivity contribution in [3.8, 4) is 0 Å². The van der Waals surface area contributed by atoms with Crippen LogP contribution in [0.2, 0.25) is 0 Å². The van der Waals surface area contributed by atoms with E-state index in [1.807, 2.05) is 36.1 Å². The normalized spacial score (nSPS) is 21.7. The SMILES string of the molecule is CC[C@H](C)N1C(=O)c2ccccc2[C@H](C(=O)Nc2nnc(C)s2)C12CCCCC2. The number of nitrogens with zero attached hydrogens (tertiary/aromatic N) is 3. The molecule has 7 heteroatoms. The highest BCUT2D eigenvalue weighted by Gasteiger charge is 2.55. The van der Waals surface area contributed by atoms with Crippen molar-refractivity contribution in [3.63, 3.8) is 0 Å². The van der Waals surface area contributed by atoms with Crippen LogP contribution in [0.4, 0.5) is 5.13 Å². The Labute approximate surface area is 175 Å². The zero-order chi connectivity index (χ0) is 20.6. The molecule has 1 N–H and O–H groups in total. The number of amides is 2. The predicted molar refractivity (Wildman–Crippen MR) is 114 cm³/mol. The van der Waals surface area contributed by atoms with Crippen molar-refractivity contribution in [3.05, 3.63) is 40.4 Å². The molecule has 1 aromatic carbocycles. The molecular formula is C22H28N4O2S. The van der Waals surface area contributed by atoms with E-state index < -0.39 is 11.5 Å². The van der Waals surface area contributed by atoms with E-state index in [4.69, 9.17) is 0 Å². The van der Waals surface area contributed by atoms with Gasteiger partial charge in [-0.3, -0.25) is 14.9 Å². The standard InChI is InChI=1S/C22H28N4O2S/c1-4-14(2)26-20(28)17-11-7-6-10-16(17)18(22(26)12-8-5-9-13-22)19(27)23-21-25-24-15(3)29-21/h6-7,10-11,14,18H,4-5,8-9,12-13H2,1-3H3,(H,23,25,27)/t14-,18+/m0/s1. The Kier molecular flexibility index (Phi) is 5.42. The third kappa shape index (κ3) is 3.35. The minimum absolute atomic E-state index is 0.0626. The number of anilines is 1. The fraction of sp³-hybridized carbons (Fsp3) is 0.545. The molecule has 6 nitrogen and oxygen atoms in total. The third-order valence-corrected chi connectivity index (χ3v) is 7.26. The van der Waals surface area contributed by atoms with E-state index in [9.17, 15) is 9.59 Å². The van der Waals surface area contributed by atoms with E-state index in [2.05, 4.69) is 29.4 Å². The van der Waals surface area contributed by atoms with Gasteiger partial charge in [-0.2, -0.15) is 0 Å². The number of carbonyl (C=O) groups is 2. The Morgan fingerprint density at radius 1 is 1.28 bits per heavy atom. The number of benzene rings is 1. The summed E-state index contributed by atoms with van der Waals surface area (Å²) in [7, 11) is 0. The molecule has 1 spiro atoms. The van der Waals surface area contributed by atoms with E-state index in [0.717, 1.165) is 49.1 Å². The Bertz CT molecular complexity index is 919. The molecule has 0 unspecified atom stereocenters. The summed E-state index contributed by atoms with van der Waals surface area (Å²) >= 11 is 1.37. The lowest BCUT2D eigenvalue weighted by Crippen LogP contribution is -2.64. The first-order valence-corrected chi connectivity index (χ1v) is 11.3. The number of hydrogen-bond donors (Lipinski definition) is 1. The van der Waals surface area contributed by atoms with Gasteiger partial charge in [0.25, 0.3) is 5.91 Å². The van der Waals surface area contributed by atoms with Crippen LogP contribution >= 0.6 is 11.3 Å². The maximum atomic E-state index is 13.7. The lowest BCUT2D eigenvalue weighted by molar-refractivity contribution is -0.122. The van der Waals surface area contributed by atoms with Gasteiger partial charge in [-0.1, -0.05) is 55.7 Å². The van der Waals surface area contributed by atoms with Gasteiger partial charge in [0, 0.05) is 11.6 Å². The van der Waals surface area contributed by atoms with Gasteiger partial charge in [0.15, 0.2) is 0 Å². The topological polar surface area (TPSA) is 75.2 Å². The van der Waals surface area contributed by atoms with Gasteiger partial charge in [-0.15, -0.1) is 10.2 Å². The van der Waals surface area contributed by atoms with Crippen molar-refractivity contribution in [2.24, 2.45) is 0 Å². The monoisotopic (exact) mass is 412 g/mol. The second kappa shape index (κ2) is 7.86. The fourth-order valence-electron chi connectivity index (χ4n) is 5.13. The summed E-state index contributed by atoms with van der Waals surface area (Å²) in [6.07, 6.45) is 5.78. The third-order valence-electron chi connectivity index (χ3n) is 6.51. The lowest BCUT2D eigenvalue weighted by Gasteiger charge is -2.55. The molecule has 2 heterocycles. The molecule has 1 fully saturated rings. The van der Waals surface area contributed by atoms with Crippen LogP contribution in [0.15, 0.2) is 24.3 Å². The second-order valence-electron chi connectivity index (χ2n) is 8.23. The van der Waals surface area contributed by atoms with Crippen molar-refractivity contribution in [2.45, 2.75) is 76.8 Å². The van der Waals surface area contributed by atoms with Gasteiger partial charge in [-0.05, 0) is 44.7 Å². The van der Waals surface area contributed by atoms with Crippen LogP contribution < -0.4 is 5.32 Å². The second-order valence-corrected chi connectivity index (χ2v) is 9.41. The van der Waals surface area contributed by atoms with Gasteiger partial charge in [0.05, 0.1) is 11.5 Å². The molecule has 0 radical (unpaired) electrons. The van der Waals surface area contributed by atoms with Gasteiger partial charge in [-0.25, -0.2) is 0 Å². The van der Waals surface area contributed by atoms with E-state index in [1.165, 1.54) is 11.3 Å². The molecule has 1 saturated carbocycles. The average Bonchev–Trinajstić information content (AvgIpc) is 3.13. The molecule has 2 aromatic rings. The van der Waals surface area contributed by atoms with Gasteiger partial charge in [0.2, 0.25) is 11.0 Å². The summed E-state index contributed by atoms with van der Waals surface area (Å²) in [6.45, 7) is 6.08. The summed E-state index contributed by atoms with van der Waals surface area (Å²) in [5.74, 6) is -0.432. The zero-order valence-corrected chi connectivity index (χ0v) is 18.1. The number of rotatable bonds is 4. The quantitative estimate of drug-likeness (QED) is 0.801. The number of hydrogen-bond acceptors (Lipinski definition) is 5. The van der Waals surface area contributed by atoms with E-state index in [1.54, 1.807) is 0 Å². The highest BCUT2D eigenvalue weighted by Crippen LogP contribution is 2.50. The van der Waals surface area contributed by atoms with E-state index in [0.29, 0.717) is 10.7 Å². The van der Waals surface area contributed by atoms with E-state index >= 15 is 0 Å². The van der Waals surface area contributed by atoms with Crippen LogP contribution in [-0.4, -0.2) is 38.5 Å². The predicted octanol–water partition coefficient (Wildman–Crippen LogP) is 4.53. The maximum absolute atomic E-state index is 13.7. The van der Waals surface area contributed by atoms with Crippen molar-refractivity contribution in [1.82, 2.24) is 15.1 Å². The highest BCUT2D eigenvalue weighted by molar-refractivity contribution is 7.15. The average molecular weight is 413 g/mol. The van der Waals surface area contributed by atoms with Crippen molar-refractivity contribution in [2.75, 3.05) is 5.32 Å².